The second kappa shape index (κ2) is 6.92. The van der Waals surface area contributed by atoms with E-state index in [4.69, 9.17) is 4.74 Å². The van der Waals surface area contributed by atoms with Gasteiger partial charge in [-0.3, -0.25) is 4.90 Å². The van der Waals surface area contributed by atoms with E-state index >= 15 is 0 Å². The molecular formula is C15H19BrF3NO2S. The Kier molecular flexibility index (Phi) is 5.73. The second-order valence-electron chi connectivity index (χ2n) is 6.39. The number of rotatable bonds is 4. The van der Waals surface area contributed by atoms with Crippen molar-refractivity contribution >= 4 is 27.7 Å². The van der Waals surface area contributed by atoms with Crippen LogP contribution in [0.4, 0.5) is 13.2 Å². The molecule has 1 fully saturated rings. The number of ether oxygens (including phenoxy) is 1. The van der Waals surface area contributed by atoms with Crippen molar-refractivity contribution < 1.29 is 23.0 Å². The van der Waals surface area contributed by atoms with Crippen molar-refractivity contribution in [3.05, 3.63) is 28.2 Å². The Bertz CT molecular complexity index is 557. The maximum atomic E-state index is 13.0. The van der Waals surface area contributed by atoms with Gasteiger partial charge in [0.25, 0.3) is 0 Å². The van der Waals surface area contributed by atoms with E-state index in [9.17, 15) is 18.3 Å². The van der Waals surface area contributed by atoms with Gasteiger partial charge in [0.15, 0.2) is 0 Å². The Morgan fingerprint density at radius 3 is 2.43 bits per heavy atom. The molecule has 2 rings (SSSR count). The lowest BCUT2D eigenvalue weighted by atomic mass is 10.2. The molecule has 0 saturated carbocycles. The molecule has 0 bridgehead atoms. The monoisotopic (exact) mass is 413 g/mol. The van der Waals surface area contributed by atoms with Gasteiger partial charge in [-0.1, -0.05) is 15.9 Å². The van der Waals surface area contributed by atoms with Crippen molar-refractivity contribution in [3.63, 3.8) is 0 Å². The average Bonchev–Trinajstić information content (AvgIpc) is 2.29. The Morgan fingerprint density at radius 1 is 1.30 bits per heavy atom. The van der Waals surface area contributed by atoms with Crippen molar-refractivity contribution in [1.82, 2.24) is 4.90 Å². The predicted octanol–water partition coefficient (Wildman–Crippen LogP) is 4.34. The smallest absolute Gasteiger partial charge is 0.356 e. The summed E-state index contributed by atoms with van der Waals surface area (Å²) in [6.07, 6.45) is -5.40. The largest absolute Gasteiger partial charge is 0.417 e. The number of benzene rings is 1. The molecule has 0 aliphatic carbocycles. The van der Waals surface area contributed by atoms with E-state index in [1.165, 1.54) is 23.9 Å². The summed E-state index contributed by atoms with van der Waals surface area (Å²) in [6, 6.07) is 3.96. The van der Waals surface area contributed by atoms with Gasteiger partial charge in [-0.25, -0.2) is 0 Å². The van der Waals surface area contributed by atoms with Crippen molar-refractivity contribution in [3.8, 4) is 0 Å². The second-order valence-corrected chi connectivity index (χ2v) is 8.65. The fourth-order valence-corrected chi connectivity index (χ4v) is 4.03. The molecule has 1 saturated heterocycles. The molecule has 0 amide bonds. The molecule has 1 aromatic carbocycles. The average molecular weight is 414 g/mol. The molecule has 1 heterocycles. The molecule has 1 aliphatic heterocycles. The summed E-state index contributed by atoms with van der Waals surface area (Å²) >= 11 is 4.39. The van der Waals surface area contributed by atoms with Crippen molar-refractivity contribution in [2.45, 2.75) is 49.1 Å². The third-order valence-electron chi connectivity index (χ3n) is 3.19. The molecule has 1 atom stereocenters. The molecule has 130 valence electrons. The molecule has 1 unspecified atom stereocenters. The fourth-order valence-electron chi connectivity index (χ4n) is 2.12. The number of likely N-dealkylation sites (tertiary alicyclic amines) is 1. The van der Waals surface area contributed by atoms with E-state index in [0.717, 1.165) is 6.07 Å². The summed E-state index contributed by atoms with van der Waals surface area (Å²) in [4.78, 5) is 1.89. The van der Waals surface area contributed by atoms with Crippen LogP contribution in [0.15, 0.2) is 27.6 Å². The summed E-state index contributed by atoms with van der Waals surface area (Å²) in [5.74, 6) is 0. The number of thioether (sulfide) groups is 1. The number of aliphatic hydroxyl groups excluding tert-OH is 1. The van der Waals surface area contributed by atoms with Crippen LogP contribution in [0.3, 0.4) is 0 Å². The quantitative estimate of drug-likeness (QED) is 0.744. The van der Waals surface area contributed by atoms with E-state index in [0.29, 0.717) is 17.6 Å². The van der Waals surface area contributed by atoms with Gasteiger partial charge in [0.05, 0.1) is 11.2 Å². The minimum atomic E-state index is -4.37. The lowest BCUT2D eigenvalue weighted by molar-refractivity contribution is -0.251. The summed E-state index contributed by atoms with van der Waals surface area (Å²) < 4.78 is 45.2. The predicted molar refractivity (Wildman–Crippen MR) is 87.2 cm³/mol. The molecule has 3 nitrogen and oxygen atoms in total. The van der Waals surface area contributed by atoms with Crippen LogP contribution in [-0.2, 0) is 10.9 Å². The first-order chi connectivity index (χ1) is 10.5. The Labute approximate surface area is 146 Å². The van der Waals surface area contributed by atoms with Crippen molar-refractivity contribution in [2.75, 3.05) is 13.1 Å². The standard InChI is InChI=1S/C15H19BrF3NO2S/c1-14(2,3)22-13(21)20-7-10(8-20)23-12-6-9(16)4-5-11(12)15(17,18)19/h4-6,10,13,21H,7-8H2,1-3H3. The molecule has 1 aromatic rings. The molecule has 0 aromatic heterocycles. The first kappa shape index (κ1) is 19.1. The lowest BCUT2D eigenvalue weighted by Gasteiger charge is -2.43. The lowest BCUT2D eigenvalue weighted by Crippen LogP contribution is -2.56. The molecule has 0 radical (unpaired) electrons. The van der Waals surface area contributed by atoms with Gasteiger partial charge in [-0.2, -0.15) is 13.2 Å². The SMILES string of the molecule is CC(C)(C)OC(O)N1CC(Sc2cc(Br)ccc2C(F)(F)F)C1. The van der Waals surface area contributed by atoms with E-state index in [1.54, 1.807) is 4.90 Å². The fraction of sp³-hybridized carbons (Fsp3) is 0.600. The Balaban J connectivity index is 1.97. The van der Waals surface area contributed by atoms with Crippen molar-refractivity contribution in [1.29, 1.82) is 0 Å². The van der Waals surface area contributed by atoms with Gasteiger partial charge in [0.2, 0.25) is 6.41 Å². The highest BCUT2D eigenvalue weighted by Crippen LogP contribution is 2.41. The van der Waals surface area contributed by atoms with Gasteiger partial charge in [0.1, 0.15) is 0 Å². The minimum Gasteiger partial charge on any atom is -0.356 e. The van der Waals surface area contributed by atoms with Gasteiger partial charge in [0, 0.05) is 27.7 Å². The van der Waals surface area contributed by atoms with Gasteiger partial charge < -0.3 is 9.84 Å². The number of aliphatic hydroxyl groups is 1. The van der Waals surface area contributed by atoms with E-state index < -0.39 is 23.8 Å². The van der Waals surface area contributed by atoms with Crippen LogP contribution < -0.4 is 0 Å². The van der Waals surface area contributed by atoms with Crippen LogP contribution in [0.25, 0.3) is 0 Å². The third kappa shape index (κ3) is 5.35. The zero-order valence-corrected chi connectivity index (χ0v) is 15.4. The summed E-state index contributed by atoms with van der Waals surface area (Å²) in [5.41, 5.74) is -1.11. The topological polar surface area (TPSA) is 32.7 Å². The van der Waals surface area contributed by atoms with E-state index in [-0.39, 0.29) is 10.1 Å². The highest BCUT2D eigenvalue weighted by Gasteiger charge is 2.38. The highest BCUT2D eigenvalue weighted by atomic mass is 79.9. The maximum Gasteiger partial charge on any atom is 0.417 e. The molecule has 1 aliphatic rings. The molecular weight excluding hydrogens is 395 g/mol. The minimum absolute atomic E-state index is 0.0105. The van der Waals surface area contributed by atoms with Crippen LogP contribution in [-0.4, -0.2) is 40.4 Å². The summed E-state index contributed by atoms with van der Waals surface area (Å²) in [6.45, 7) is 6.45. The molecule has 8 heteroatoms. The summed E-state index contributed by atoms with van der Waals surface area (Å²) in [5, 5.41) is 9.91. The maximum absolute atomic E-state index is 13.0. The van der Waals surface area contributed by atoms with Crippen LogP contribution in [0.5, 0.6) is 0 Å². The number of alkyl halides is 3. The number of nitrogens with zero attached hydrogens (tertiary/aromatic N) is 1. The van der Waals surface area contributed by atoms with Gasteiger partial charge in [-0.05, 0) is 39.0 Å². The number of hydrogen-bond donors (Lipinski definition) is 1. The third-order valence-corrected chi connectivity index (χ3v) is 4.91. The van der Waals surface area contributed by atoms with E-state index in [1.807, 2.05) is 20.8 Å². The Hall–Kier alpha value is -0.280. The van der Waals surface area contributed by atoms with Crippen molar-refractivity contribution in [2.24, 2.45) is 0 Å². The molecule has 0 spiro atoms. The van der Waals surface area contributed by atoms with E-state index in [2.05, 4.69) is 15.9 Å². The number of hydrogen-bond acceptors (Lipinski definition) is 4. The van der Waals surface area contributed by atoms with Crippen LogP contribution >= 0.6 is 27.7 Å². The Morgan fingerprint density at radius 2 is 1.91 bits per heavy atom. The highest BCUT2D eigenvalue weighted by molar-refractivity contribution is 9.10. The van der Waals surface area contributed by atoms with Gasteiger partial charge >= 0.3 is 6.18 Å². The molecule has 23 heavy (non-hydrogen) atoms. The van der Waals surface area contributed by atoms with Crippen LogP contribution in [0.2, 0.25) is 0 Å². The molecule has 1 N–H and O–H groups in total. The first-order valence-corrected chi connectivity index (χ1v) is 8.76. The number of halogens is 4. The summed E-state index contributed by atoms with van der Waals surface area (Å²) in [7, 11) is 0. The van der Waals surface area contributed by atoms with Crippen LogP contribution in [0.1, 0.15) is 26.3 Å². The zero-order valence-electron chi connectivity index (χ0n) is 13.0. The normalized spacial score (nSPS) is 18.8. The van der Waals surface area contributed by atoms with Crippen LogP contribution in [0, 0.1) is 0 Å². The van der Waals surface area contributed by atoms with Gasteiger partial charge in [-0.15, -0.1) is 11.8 Å². The first-order valence-electron chi connectivity index (χ1n) is 7.09. The zero-order chi connectivity index (χ0) is 17.4.